The lowest BCUT2D eigenvalue weighted by Crippen LogP contribution is -2.73. The maximum Gasteiger partial charge on any atom is 0.215 e. The summed E-state index contributed by atoms with van der Waals surface area (Å²) < 4.78 is 5.45. The van der Waals surface area contributed by atoms with Gasteiger partial charge in [0.1, 0.15) is 11.9 Å². The Balaban J connectivity index is 0.000000398. The van der Waals surface area contributed by atoms with Crippen molar-refractivity contribution in [1.29, 1.82) is 0 Å². The van der Waals surface area contributed by atoms with Gasteiger partial charge in [-0.2, -0.15) is 0 Å². The molecule has 1 spiro atoms. The van der Waals surface area contributed by atoms with E-state index in [1.165, 1.54) is 12.5 Å². The Labute approximate surface area is 215 Å². The van der Waals surface area contributed by atoms with Gasteiger partial charge in [0.25, 0.3) is 0 Å². The van der Waals surface area contributed by atoms with Gasteiger partial charge in [0.2, 0.25) is 5.91 Å². The van der Waals surface area contributed by atoms with Crippen LogP contribution < -0.4 is 9.64 Å². The van der Waals surface area contributed by atoms with Crippen LogP contribution in [-0.2, 0) is 10.2 Å². The van der Waals surface area contributed by atoms with Crippen LogP contribution in [0, 0.1) is 5.41 Å². The van der Waals surface area contributed by atoms with E-state index in [1.54, 1.807) is 7.11 Å². The highest BCUT2D eigenvalue weighted by Crippen LogP contribution is 2.64. The van der Waals surface area contributed by atoms with Crippen LogP contribution in [0.2, 0.25) is 0 Å². The molecular weight excluding hydrogens is 458 g/mol. The van der Waals surface area contributed by atoms with Crippen LogP contribution in [0.1, 0.15) is 59.9 Å². The summed E-state index contributed by atoms with van der Waals surface area (Å²) in [6.45, 7) is 13.3. The Morgan fingerprint density at radius 3 is 2.47 bits per heavy atom. The van der Waals surface area contributed by atoms with Crippen molar-refractivity contribution in [3.05, 3.63) is 46.4 Å². The van der Waals surface area contributed by atoms with Crippen molar-refractivity contribution in [3.63, 3.8) is 0 Å². The number of anilines is 1. The third-order valence-corrected chi connectivity index (χ3v) is 7.97. The van der Waals surface area contributed by atoms with E-state index in [2.05, 4.69) is 51.0 Å². The quantitative estimate of drug-likeness (QED) is 0.268. The number of carbonyl (C=O) groups excluding carboxylic acids is 1. The molecule has 6 atom stereocenters. The number of methoxy groups -OCH3 is 1. The molecular formula is C27H43N5O4. The molecule has 2 N–H and O–H groups in total. The third-order valence-electron chi connectivity index (χ3n) is 7.97. The summed E-state index contributed by atoms with van der Waals surface area (Å²) in [5.41, 5.74) is 9.35. The Morgan fingerprint density at radius 2 is 1.94 bits per heavy atom. The molecule has 4 aliphatic rings. The first-order chi connectivity index (χ1) is 17.3. The highest BCUT2D eigenvalue weighted by atomic mass is 16.5. The van der Waals surface area contributed by atoms with Crippen molar-refractivity contribution in [1.82, 2.24) is 4.90 Å². The van der Waals surface area contributed by atoms with Crippen LogP contribution in [0.5, 0.6) is 5.75 Å². The van der Waals surface area contributed by atoms with Gasteiger partial charge in [-0.3, -0.25) is 9.69 Å². The van der Waals surface area contributed by atoms with Gasteiger partial charge in [0.15, 0.2) is 0 Å². The van der Waals surface area contributed by atoms with Crippen LogP contribution in [-0.4, -0.2) is 72.6 Å². The fourth-order valence-electron chi connectivity index (χ4n) is 6.87. The molecule has 3 heterocycles. The van der Waals surface area contributed by atoms with Crippen LogP contribution in [0.4, 0.5) is 5.69 Å². The van der Waals surface area contributed by atoms with Gasteiger partial charge in [-0.1, -0.05) is 52.8 Å². The SMILES string of the molecule is CC.CC.CC(=O)N=[N+]=[N-].CC[C@]12C=CCN3CCC4(c5ccc(OC)cc5N(C)C4C(O)C1O)C32. The van der Waals surface area contributed by atoms with E-state index in [0.717, 1.165) is 37.4 Å². The van der Waals surface area contributed by atoms with E-state index < -0.39 is 23.5 Å². The fraction of sp³-hybridized carbons (Fsp3) is 0.667. The summed E-state index contributed by atoms with van der Waals surface area (Å²) in [7, 11) is 3.74. The maximum absolute atomic E-state index is 11.3. The Kier molecular flexibility index (Phi) is 9.97. The van der Waals surface area contributed by atoms with Gasteiger partial charge in [-0.25, -0.2) is 0 Å². The highest BCUT2D eigenvalue weighted by molar-refractivity contribution is 5.73. The normalized spacial score (nSPS) is 32.6. The molecule has 1 aromatic rings. The van der Waals surface area contributed by atoms with Gasteiger partial charge in [-0.15, -0.1) is 0 Å². The predicted molar refractivity (Wildman–Crippen MR) is 143 cm³/mol. The minimum Gasteiger partial charge on any atom is -0.497 e. The topological polar surface area (TPSA) is 122 Å². The van der Waals surface area contributed by atoms with Gasteiger partial charge >= 0.3 is 0 Å². The molecule has 200 valence electrons. The van der Waals surface area contributed by atoms with Crippen LogP contribution in [0.15, 0.2) is 35.5 Å². The number of azide groups is 1. The van der Waals surface area contributed by atoms with E-state index in [9.17, 15) is 15.0 Å². The first-order valence-electron chi connectivity index (χ1n) is 13.0. The number of likely N-dealkylation sites (N-methyl/N-ethyl adjacent to an activating group) is 1. The number of fused-ring (bicyclic) bond motifs is 1. The molecule has 9 heteroatoms. The van der Waals surface area contributed by atoms with E-state index in [0.29, 0.717) is 0 Å². The number of ether oxygens (including phenoxy) is 1. The summed E-state index contributed by atoms with van der Waals surface area (Å²) in [6, 6.07) is 6.41. The van der Waals surface area contributed by atoms with Crippen LogP contribution in [0.3, 0.4) is 0 Å². The van der Waals surface area contributed by atoms with Gasteiger partial charge in [0, 0.05) is 54.1 Å². The van der Waals surface area contributed by atoms with Crippen molar-refractivity contribution >= 4 is 11.6 Å². The minimum absolute atomic E-state index is 0.110. The van der Waals surface area contributed by atoms with Crippen molar-refractivity contribution in [2.75, 3.05) is 32.1 Å². The number of aliphatic hydroxyl groups is 2. The van der Waals surface area contributed by atoms with Gasteiger partial charge < -0.3 is 19.8 Å². The zero-order valence-electron chi connectivity index (χ0n) is 23.0. The molecule has 1 aliphatic carbocycles. The summed E-state index contributed by atoms with van der Waals surface area (Å²) in [5, 5.41) is 25.2. The van der Waals surface area contributed by atoms with E-state index >= 15 is 0 Å². The molecule has 1 saturated carbocycles. The maximum atomic E-state index is 11.3. The lowest BCUT2D eigenvalue weighted by molar-refractivity contribution is -0.139. The second-order valence-corrected chi connectivity index (χ2v) is 9.14. The Hall–Kier alpha value is -2.58. The highest BCUT2D eigenvalue weighted by Gasteiger charge is 2.72. The molecule has 5 unspecified atom stereocenters. The van der Waals surface area contributed by atoms with Crippen molar-refractivity contribution in [3.8, 4) is 5.75 Å². The number of benzene rings is 1. The second kappa shape index (κ2) is 12.1. The lowest BCUT2D eigenvalue weighted by Gasteiger charge is -2.60. The molecule has 0 aromatic heterocycles. The first kappa shape index (κ1) is 29.6. The number of carbonyl (C=O) groups is 1. The van der Waals surface area contributed by atoms with Crippen molar-refractivity contribution < 1.29 is 19.7 Å². The lowest BCUT2D eigenvalue weighted by atomic mass is 9.51. The van der Waals surface area contributed by atoms with Crippen LogP contribution >= 0.6 is 0 Å². The third kappa shape index (κ3) is 4.39. The summed E-state index contributed by atoms with van der Waals surface area (Å²) in [4.78, 5) is 16.5. The average Bonchev–Trinajstić information content (AvgIpc) is 3.41. The number of nitrogens with zero attached hydrogens (tertiary/aromatic N) is 5. The molecule has 3 aliphatic heterocycles. The van der Waals surface area contributed by atoms with E-state index in [-0.39, 0.29) is 17.5 Å². The predicted octanol–water partition coefficient (Wildman–Crippen LogP) is 4.42. The van der Waals surface area contributed by atoms with Crippen molar-refractivity contribution in [2.24, 2.45) is 10.5 Å². The Morgan fingerprint density at radius 1 is 1.28 bits per heavy atom. The van der Waals surface area contributed by atoms with Gasteiger partial charge in [0.05, 0.1) is 19.3 Å². The van der Waals surface area contributed by atoms with E-state index in [4.69, 9.17) is 10.3 Å². The standard InChI is InChI=1S/C21H28N2O3.C2H3N3O.2C2H6/c1-4-20-8-5-10-23-11-9-21(19(20)23)14-7-6-13(26-3)12-15(14)22(2)17(21)16(24)18(20)25;1-2(6)4-5-3;2*1-2/h5-8,12,16-19,24-25H,4,9-11H2,1-3H3;1H3;2*1-2H3/t16?,17?,18?,19?,20-,21?;;;/m0.../s1. The second-order valence-electron chi connectivity index (χ2n) is 9.14. The number of aliphatic hydroxyl groups excluding tert-OH is 2. The smallest absolute Gasteiger partial charge is 0.215 e. The average molecular weight is 502 g/mol. The molecule has 1 saturated heterocycles. The zero-order chi connectivity index (χ0) is 27.3. The molecule has 0 radical (unpaired) electrons. The molecule has 5 rings (SSSR count). The summed E-state index contributed by atoms with van der Waals surface area (Å²) in [5.74, 6) is 0.332. The zero-order valence-corrected chi connectivity index (χ0v) is 23.0. The van der Waals surface area contributed by atoms with E-state index in [1.807, 2.05) is 40.8 Å². The molecule has 0 bridgehead atoms. The molecule has 9 nitrogen and oxygen atoms in total. The number of hydrogen-bond donors (Lipinski definition) is 2. The van der Waals surface area contributed by atoms with Crippen LogP contribution in [0.25, 0.3) is 10.4 Å². The fourth-order valence-corrected chi connectivity index (χ4v) is 6.87. The number of rotatable bonds is 2. The molecule has 1 amide bonds. The number of hydrogen-bond acceptors (Lipinski definition) is 6. The largest absolute Gasteiger partial charge is 0.497 e. The van der Waals surface area contributed by atoms with Crippen molar-refractivity contribution in [2.45, 2.75) is 84.1 Å². The monoisotopic (exact) mass is 501 g/mol. The Bertz CT molecular complexity index is 994. The molecule has 1 aromatic carbocycles. The minimum atomic E-state index is -0.780. The first-order valence-corrected chi connectivity index (χ1v) is 13.0. The van der Waals surface area contributed by atoms with Gasteiger partial charge in [-0.05, 0) is 41.7 Å². The summed E-state index contributed by atoms with van der Waals surface area (Å²) in [6.07, 6.45) is 4.69. The summed E-state index contributed by atoms with van der Waals surface area (Å²) >= 11 is 0. The number of amides is 1. The molecule has 36 heavy (non-hydrogen) atoms. The molecule has 2 fully saturated rings.